The summed E-state index contributed by atoms with van der Waals surface area (Å²) in [7, 11) is -2.21. The summed E-state index contributed by atoms with van der Waals surface area (Å²) in [6.07, 6.45) is 3.21. The number of carbonyl (C=O) groups excluding carboxylic acids is 1. The highest BCUT2D eigenvalue weighted by Crippen LogP contribution is 2.33. The fraction of sp³-hybridized carbons (Fsp3) is 0.0500. The van der Waals surface area contributed by atoms with E-state index in [1.54, 1.807) is 42.6 Å². The highest BCUT2D eigenvalue weighted by molar-refractivity contribution is 7.89. The fourth-order valence-electron chi connectivity index (χ4n) is 3.09. The number of anilines is 2. The van der Waals surface area contributed by atoms with E-state index in [9.17, 15) is 13.2 Å². The number of fused-ring (bicyclic) bond motifs is 1. The second kappa shape index (κ2) is 7.58. The number of hydrogen-bond acceptors (Lipinski definition) is 6. The number of sulfonamides is 1. The molecule has 0 aliphatic rings. The molecule has 4 aromatic rings. The number of carbonyl (C=O) groups is 1. The minimum absolute atomic E-state index is 0.136. The first-order chi connectivity index (χ1) is 14.4. The zero-order valence-electron chi connectivity index (χ0n) is 15.9. The van der Waals surface area contributed by atoms with Gasteiger partial charge in [0, 0.05) is 23.0 Å². The van der Waals surface area contributed by atoms with Gasteiger partial charge in [-0.15, -0.1) is 0 Å². The van der Waals surface area contributed by atoms with Crippen LogP contribution in [0.3, 0.4) is 0 Å². The van der Waals surface area contributed by atoms with Crippen LogP contribution in [0, 0.1) is 0 Å². The maximum absolute atomic E-state index is 12.1. The molecule has 2 aromatic carbocycles. The Morgan fingerprint density at radius 3 is 2.57 bits per heavy atom. The summed E-state index contributed by atoms with van der Waals surface area (Å²) >= 11 is 0. The average Bonchev–Trinajstić information content (AvgIpc) is 3.19. The maximum Gasteiger partial charge on any atom is 0.248 e. The molecule has 2 aromatic heterocycles. The molecular formula is C20H18N6O3S. The number of primary amides is 1. The lowest BCUT2D eigenvalue weighted by molar-refractivity contribution is 0.100. The predicted octanol–water partition coefficient (Wildman–Crippen LogP) is 2.38. The Kier molecular flexibility index (Phi) is 4.94. The van der Waals surface area contributed by atoms with Gasteiger partial charge in [0.2, 0.25) is 15.9 Å². The van der Waals surface area contributed by atoms with E-state index < -0.39 is 15.9 Å². The molecule has 0 atom stereocenters. The molecular weight excluding hydrogens is 404 g/mol. The van der Waals surface area contributed by atoms with E-state index in [-0.39, 0.29) is 4.90 Å². The quantitative estimate of drug-likeness (QED) is 0.376. The average molecular weight is 422 g/mol. The van der Waals surface area contributed by atoms with Crippen LogP contribution in [0.15, 0.2) is 66.0 Å². The third-order valence-corrected chi connectivity index (χ3v) is 6.04. The standard InChI is InChI=1S/C20H18N6O3S/c1-22-30(28,29)15-4-2-3-14(9-15)26-20-17-16(10-23-19(17)24-11-25-20)12-5-7-13(8-6-12)18(21)27/h2-11,22H,1H3,(H2,21,27)(H2,23,24,25,26). The summed E-state index contributed by atoms with van der Waals surface area (Å²) in [5, 5.41) is 3.90. The number of benzene rings is 2. The molecule has 4 rings (SSSR count). The smallest absolute Gasteiger partial charge is 0.248 e. The minimum atomic E-state index is -3.57. The van der Waals surface area contributed by atoms with Gasteiger partial charge in [0.05, 0.1) is 10.3 Å². The van der Waals surface area contributed by atoms with Crippen LogP contribution >= 0.6 is 0 Å². The number of amides is 1. The Bertz CT molecular complexity index is 1350. The molecule has 0 radical (unpaired) electrons. The molecule has 0 aliphatic carbocycles. The molecule has 5 N–H and O–H groups in total. The first-order valence-corrected chi connectivity index (χ1v) is 10.4. The molecule has 0 unspecified atom stereocenters. The van der Waals surface area contributed by atoms with Gasteiger partial charge in [-0.05, 0) is 42.9 Å². The molecule has 0 saturated carbocycles. The Hall–Kier alpha value is -3.76. The summed E-state index contributed by atoms with van der Waals surface area (Å²) < 4.78 is 26.5. The van der Waals surface area contributed by atoms with Crippen molar-refractivity contribution < 1.29 is 13.2 Å². The van der Waals surface area contributed by atoms with E-state index in [2.05, 4.69) is 25.0 Å². The van der Waals surface area contributed by atoms with Crippen LogP contribution in [-0.2, 0) is 10.0 Å². The zero-order chi connectivity index (χ0) is 21.3. The van der Waals surface area contributed by atoms with Crippen LogP contribution in [0.2, 0.25) is 0 Å². The summed E-state index contributed by atoms with van der Waals surface area (Å²) in [6.45, 7) is 0. The van der Waals surface area contributed by atoms with Crippen molar-refractivity contribution in [3.05, 3.63) is 66.6 Å². The Morgan fingerprint density at radius 1 is 1.10 bits per heavy atom. The molecule has 1 amide bonds. The lowest BCUT2D eigenvalue weighted by Crippen LogP contribution is -2.18. The van der Waals surface area contributed by atoms with E-state index in [0.717, 1.165) is 16.5 Å². The van der Waals surface area contributed by atoms with Crippen molar-refractivity contribution in [3.8, 4) is 11.1 Å². The normalized spacial score (nSPS) is 11.5. The highest BCUT2D eigenvalue weighted by Gasteiger charge is 2.15. The Labute approximate surface area is 172 Å². The number of rotatable bonds is 6. The molecule has 2 heterocycles. The second-order valence-electron chi connectivity index (χ2n) is 6.45. The van der Waals surface area contributed by atoms with Crippen molar-refractivity contribution in [3.63, 3.8) is 0 Å². The highest BCUT2D eigenvalue weighted by atomic mass is 32.2. The summed E-state index contributed by atoms with van der Waals surface area (Å²) in [5.41, 5.74) is 8.56. The van der Waals surface area contributed by atoms with Crippen LogP contribution in [0.4, 0.5) is 11.5 Å². The van der Waals surface area contributed by atoms with E-state index in [1.165, 1.54) is 25.5 Å². The van der Waals surface area contributed by atoms with Crippen molar-refractivity contribution >= 4 is 38.5 Å². The molecule has 0 bridgehead atoms. The predicted molar refractivity (Wildman–Crippen MR) is 114 cm³/mol. The first-order valence-electron chi connectivity index (χ1n) is 8.92. The lowest BCUT2D eigenvalue weighted by atomic mass is 10.0. The fourth-order valence-corrected chi connectivity index (χ4v) is 3.87. The number of aromatic amines is 1. The molecule has 10 heteroatoms. The van der Waals surface area contributed by atoms with Crippen LogP contribution in [0.25, 0.3) is 22.2 Å². The van der Waals surface area contributed by atoms with E-state index in [0.29, 0.717) is 22.7 Å². The van der Waals surface area contributed by atoms with Crippen LogP contribution in [0.1, 0.15) is 10.4 Å². The number of nitrogens with two attached hydrogens (primary N) is 1. The SMILES string of the molecule is CNS(=O)(=O)c1cccc(Nc2ncnc3[nH]cc(-c4ccc(C(N)=O)cc4)c23)c1. The van der Waals surface area contributed by atoms with E-state index in [1.807, 2.05) is 0 Å². The second-order valence-corrected chi connectivity index (χ2v) is 8.34. The van der Waals surface area contributed by atoms with Crippen molar-refractivity contribution in [2.24, 2.45) is 5.73 Å². The number of nitrogens with zero attached hydrogens (tertiary/aromatic N) is 2. The van der Waals surface area contributed by atoms with Gasteiger partial charge in [0.15, 0.2) is 0 Å². The summed E-state index contributed by atoms with van der Waals surface area (Å²) in [5.74, 6) is 0.0109. The van der Waals surface area contributed by atoms with Crippen molar-refractivity contribution in [2.75, 3.05) is 12.4 Å². The number of nitrogens with one attached hydrogen (secondary N) is 3. The molecule has 9 nitrogen and oxygen atoms in total. The summed E-state index contributed by atoms with van der Waals surface area (Å²) in [4.78, 5) is 23.2. The number of H-pyrrole nitrogens is 1. The minimum Gasteiger partial charge on any atom is -0.366 e. The topological polar surface area (TPSA) is 143 Å². The Morgan fingerprint density at radius 2 is 1.87 bits per heavy atom. The van der Waals surface area contributed by atoms with Gasteiger partial charge in [-0.1, -0.05) is 18.2 Å². The number of hydrogen-bond donors (Lipinski definition) is 4. The molecule has 152 valence electrons. The van der Waals surface area contributed by atoms with Gasteiger partial charge < -0.3 is 16.0 Å². The molecule has 0 fully saturated rings. The van der Waals surface area contributed by atoms with E-state index in [4.69, 9.17) is 5.73 Å². The van der Waals surface area contributed by atoms with Crippen molar-refractivity contribution in [1.82, 2.24) is 19.7 Å². The van der Waals surface area contributed by atoms with Gasteiger partial charge >= 0.3 is 0 Å². The maximum atomic E-state index is 12.1. The van der Waals surface area contributed by atoms with Gasteiger partial charge in [0.25, 0.3) is 0 Å². The third kappa shape index (κ3) is 3.61. The summed E-state index contributed by atoms with van der Waals surface area (Å²) in [6, 6.07) is 13.3. The van der Waals surface area contributed by atoms with Crippen molar-refractivity contribution in [2.45, 2.75) is 4.90 Å². The lowest BCUT2D eigenvalue weighted by Gasteiger charge is -2.10. The first kappa shape index (κ1) is 19.6. The van der Waals surface area contributed by atoms with Crippen LogP contribution in [0.5, 0.6) is 0 Å². The van der Waals surface area contributed by atoms with Gasteiger partial charge in [0.1, 0.15) is 17.8 Å². The largest absolute Gasteiger partial charge is 0.366 e. The van der Waals surface area contributed by atoms with Crippen molar-refractivity contribution in [1.29, 1.82) is 0 Å². The molecule has 0 aliphatic heterocycles. The monoisotopic (exact) mass is 422 g/mol. The third-order valence-electron chi connectivity index (χ3n) is 4.63. The van der Waals surface area contributed by atoms with Crippen LogP contribution < -0.4 is 15.8 Å². The van der Waals surface area contributed by atoms with Gasteiger partial charge in [-0.25, -0.2) is 23.1 Å². The van der Waals surface area contributed by atoms with E-state index >= 15 is 0 Å². The van der Waals surface area contributed by atoms with Crippen LogP contribution in [-0.4, -0.2) is 36.3 Å². The molecule has 0 saturated heterocycles. The zero-order valence-corrected chi connectivity index (χ0v) is 16.7. The molecule has 0 spiro atoms. The molecule has 30 heavy (non-hydrogen) atoms. The van der Waals surface area contributed by atoms with Gasteiger partial charge in [-0.2, -0.15) is 0 Å². The Balaban J connectivity index is 1.77. The van der Waals surface area contributed by atoms with Gasteiger partial charge in [-0.3, -0.25) is 4.79 Å². The number of aromatic nitrogens is 3.